The van der Waals surface area contributed by atoms with Gasteiger partial charge in [-0.1, -0.05) is 33.8 Å². The number of carbonyl (C=O) groups is 2. The Kier molecular flexibility index (Phi) is 12.7. The summed E-state index contributed by atoms with van der Waals surface area (Å²) in [6.07, 6.45) is 4.86. The van der Waals surface area contributed by atoms with Gasteiger partial charge in [0.15, 0.2) is 0 Å². The summed E-state index contributed by atoms with van der Waals surface area (Å²) >= 11 is 0. The topological polar surface area (TPSA) is 126 Å². The van der Waals surface area contributed by atoms with Crippen LogP contribution in [-0.4, -0.2) is 69.5 Å². The van der Waals surface area contributed by atoms with Crippen LogP contribution >= 0.6 is 0 Å². The maximum atomic E-state index is 12.6. The van der Waals surface area contributed by atoms with Crippen molar-refractivity contribution >= 4 is 11.9 Å². The molecule has 2 aliphatic heterocycles. The number of hydrogen-bond donors (Lipinski definition) is 3. The number of epoxide rings is 1. The van der Waals surface area contributed by atoms with Crippen LogP contribution in [0.25, 0.3) is 0 Å². The predicted molar refractivity (Wildman–Crippen MR) is 145 cm³/mol. The third-order valence-electron chi connectivity index (χ3n) is 8.42. The number of rotatable bonds is 10. The second kappa shape index (κ2) is 14.8. The number of ether oxygens (including phenoxy) is 3. The third kappa shape index (κ3) is 10.2. The molecule has 2 rings (SSSR count). The van der Waals surface area contributed by atoms with Gasteiger partial charge >= 0.3 is 11.9 Å². The Morgan fingerprint density at radius 3 is 2.55 bits per heavy atom. The van der Waals surface area contributed by atoms with Gasteiger partial charge in [-0.3, -0.25) is 9.59 Å². The van der Waals surface area contributed by atoms with Gasteiger partial charge in [0.05, 0.1) is 36.4 Å². The molecule has 2 fully saturated rings. The van der Waals surface area contributed by atoms with Crippen LogP contribution < -0.4 is 0 Å². The highest BCUT2D eigenvalue weighted by Crippen LogP contribution is 2.37. The second-order valence-electron chi connectivity index (χ2n) is 12.2. The Balaban J connectivity index is 2.00. The van der Waals surface area contributed by atoms with Gasteiger partial charge in [0, 0.05) is 12.8 Å². The van der Waals surface area contributed by atoms with E-state index in [1.807, 2.05) is 20.8 Å². The summed E-state index contributed by atoms with van der Waals surface area (Å²) < 4.78 is 17.2. The van der Waals surface area contributed by atoms with Gasteiger partial charge in [-0.05, 0) is 82.6 Å². The van der Waals surface area contributed by atoms with E-state index < -0.39 is 35.9 Å². The van der Waals surface area contributed by atoms with E-state index in [0.717, 1.165) is 31.3 Å². The van der Waals surface area contributed by atoms with Crippen molar-refractivity contribution in [3.8, 4) is 0 Å². The Labute approximate surface area is 229 Å². The van der Waals surface area contributed by atoms with E-state index in [9.17, 15) is 24.9 Å². The van der Waals surface area contributed by atoms with Gasteiger partial charge < -0.3 is 29.5 Å². The fourth-order valence-corrected chi connectivity index (χ4v) is 5.65. The van der Waals surface area contributed by atoms with E-state index in [-0.39, 0.29) is 49.4 Å². The molecule has 0 aromatic rings. The van der Waals surface area contributed by atoms with Crippen molar-refractivity contribution in [2.24, 2.45) is 17.8 Å². The summed E-state index contributed by atoms with van der Waals surface area (Å²) in [7, 11) is 0. The molecule has 2 saturated heterocycles. The SMILES string of the molecule is CCC(O)C(C)C1OC1CC(C)CC/C=C(\C)C1OC(=O)CC(O)CCC(C)(O)C(OC(C)=O)CCC1C. The summed E-state index contributed by atoms with van der Waals surface area (Å²) in [5.41, 5.74) is -0.344. The second-order valence-corrected chi connectivity index (χ2v) is 12.2. The molecule has 0 saturated carbocycles. The minimum Gasteiger partial charge on any atom is -0.460 e. The van der Waals surface area contributed by atoms with Gasteiger partial charge in [0.2, 0.25) is 0 Å². The number of allylic oxidation sites excluding steroid dienone is 1. The first-order valence-corrected chi connectivity index (χ1v) is 14.5. The zero-order valence-electron chi connectivity index (χ0n) is 24.5. The molecule has 0 radical (unpaired) electrons. The van der Waals surface area contributed by atoms with Gasteiger partial charge in [0.25, 0.3) is 0 Å². The Hall–Kier alpha value is -1.48. The van der Waals surface area contributed by atoms with Crippen LogP contribution in [0.15, 0.2) is 11.6 Å². The number of aliphatic hydroxyl groups is 3. The number of esters is 2. The fourth-order valence-electron chi connectivity index (χ4n) is 5.65. The van der Waals surface area contributed by atoms with Crippen molar-refractivity contribution in [3.63, 3.8) is 0 Å². The third-order valence-corrected chi connectivity index (χ3v) is 8.42. The molecule has 0 bridgehead atoms. The van der Waals surface area contributed by atoms with Crippen molar-refractivity contribution < 1.29 is 39.1 Å². The van der Waals surface area contributed by atoms with Crippen molar-refractivity contribution in [2.75, 3.05) is 0 Å². The summed E-state index contributed by atoms with van der Waals surface area (Å²) in [6.45, 7) is 13.2. The summed E-state index contributed by atoms with van der Waals surface area (Å²) in [5, 5.41) is 31.4. The largest absolute Gasteiger partial charge is 0.460 e. The molecule has 38 heavy (non-hydrogen) atoms. The predicted octanol–water partition coefficient (Wildman–Crippen LogP) is 4.47. The lowest BCUT2D eigenvalue weighted by molar-refractivity contribution is -0.165. The number of hydrogen-bond acceptors (Lipinski definition) is 8. The highest BCUT2D eigenvalue weighted by molar-refractivity contribution is 5.70. The van der Waals surface area contributed by atoms with Crippen LogP contribution in [-0.2, 0) is 23.8 Å². The first kappa shape index (κ1) is 32.7. The Morgan fingerprint density at radius 1 is 1.24 bits per heavy atom. The van der Waals surface area contributed by atoms with Crippen molar-refractivity contribution in [1.82, 2.24) is 0 Å². The van der Waals surface area contributed by atoms with Crippen LogP contribution in [0.1, 0.15) is 106 Å². The molecular weight excluding hydrogens is 488 g/mol. The lowest BCUT2D eigenvalue weighted by atomic mass is 9.84. The summed E-state index contributed by atoms with van der Waals surface area (Å²) in [6, 6.07) is 0. The molecule has 0 aliphatic carbocycles. The fraction of sp³-hybridized carbons (Fsp3) is 0.867. The molecule has 2 aliphatic rings. The van der Waals surface area contributed by atoms with Crippen LogP contribution in [0.3, 0.4) is 0 Å². The first-order valence-electron chi connectivity index (χ1n) is 14.5. The highest BCUT2D eigenvalue weighted by Gasteiger charge is 2.45. The Morgan fingerprint density at radius 2 is 1.92 bits per heavy atom. The summed E-state index contributed by atoms with van der Waals surface area (Å²) in [4.78, 5) is 24.3. The van der Waals surface area contributed by atoms with Crippen LogP contribution in [0.5, 0.6) is 0 Å². The zero-order chi connectivity index (χ0) is 28.6. The number of aliphatic hydroxyl groups excluding tert-OH is 2. The van der Waals surface area contributed by atoms with Crippen LogP contribution in [0.4, 0.5) is 0 Å². The molecule has 220 valence electrons. The molecule has 0 spiro atoms. The average Bonchev–Trinajstić information content (AvgIpc) is 3.60. The molecule has 0 aromatic carbocycles. The van der Waals surface area contributed by atoms with E-state index in [0.29, 0.717) is 18.8 Å². The monoisotopic (exact) mass is 540 g/mol. The first-order chi connectivity index (χ1) is 17.7. The van der Waals surface area contributed by atoms with Gasteiger partial charge in [-0.2, -0.15) is 0 Å². The molecule has 8 heteroatoms. The quantitative estimate of drug-likeness (QED) is 0.211. The van der Waals surface area contributed by atoms with Crippen molar-refractivity contribution in [1.29, 1.82) is 0 Å². The average molecular weight is 541 g/mol. The molecule has 2 heterocycles. The van der Waals surface area contributed by atoms with E-state index in [2.05, 4.69) is 19.9 Å². The maximum absolute atomic E-state index is 12.6. The lowest BCUT2D eigenvalue weighted by Gasteiger charge is -2.35. The minimum atomic E-state index is -1.30. The smallest absolute Gasteiger partial charge is 0.309 e. The Bertz CT molecular complexity index is 793. The highest BCUT2D eigenvalue weighted by atomic mass is 16.6. The number of cyclic esters (lactones) is 1. The van der Waals surface area contributed by atoms with Gasteiger partial charge in [-0.15, -0.1) is 0 Å². The lowest BCUT2D eigenvalue weighted by Crippen LogP contribution is -2.44. The zero-order valence-corrected chi connectivity index (χ0v) is 24.5. The molecule has 10 atom stereocenters. The van der Waals surface area contributed by atoms with Crippen molar-refractivity contribution in [3.05, 3.63) is 11.6 Å². The molecular formula is C30H52O8. The van der Waals surface area contributed by atoms with E-state index >= 15 is 0 Å². The minimum absolute atomic E-state index is 0.0647. The normalized spacial score (nSPS) is 35.7. The van der Waals surface area contributed by atoms with Crippen LogP contribution in [0.2, 0.25) is 0 Å². The molecule has 0 aromatic heterocycles. The van der Waals surface area contributed by atoms with E-state index in [1.54, 1.807) is 6.92 Å². The van der Waals surface area contributed by atoms with E-state index in [1.165, 1.54) is 6.92 Å². The summed E-state index contributed by atoms with van der Waals surface area (Å²) in [5.74, 6) is -0.363. The van der Waals surface area contributed by atoms with E-state index in [4.69, 9.17) is 14.2 Å². The van der Waals surface area contributed by atoms with Gasteiger partial charge in [0.1, 0.15) is 12.2 Å². The standard InChI is InChI=1S/C30H52O8/c1-8-24(33)21(5)29-25(37-29)16-18(2)10-9-11-19(3)28-20(4)12-13-26(36-22(6)31)30(7,35)15-14-23(32)17-27(34)38-28/h11,18,20-21,23-26,28-29,32-33,35H,8-10,12-17H2,1-7H3/b19-11+. The maximum Gasteiger partial charge on any atom is 0.309 e. The van der Waals surface area contributed by atoms with Gasteiger partial charge in [-0.25, -0.2) is 0 Å². The molecule has 0 amide bonds. The number of carbonyl (C=O) groups excluding carboxylic acids is 2. The van der Waals surface area contributed by atoms with Crippen molar-refractivity contribution in [2.45, 2.75) is 148 Å². The molecule has 3 N–H and O–H groups in total. The molecule has 8 nitrogen and oxygen atoms in total. The molecule has 10 unspecified atom stereocenters. The van der Waals surface area contributed by atoms with Crippen LogP contribution in [0, 0.1) is 17.8 Å².